The number of ether oxygens (including phenoxy) is 1. The van der Waals surface area contributed by atoms with Crippen molar-refractivity contribution >= 4 is 23.6 Å². The fourth-order valence-corrected chi connectivity index (χ4v) is 5.51. The van der Waals surface area contributed by atoms with Crippen LogP contribution in [0.15, 0.2) is 18.2 Å². The average Bonchev–Trinajstić information content (AvgIpc) is 3.10. The van der Waals surface area contributed by atoms with E-state index in [1.807, 2.05) is 6.07 Å². The van der Waals surface area contributed by atoms with Gasteiger partial charge in [-0.05, 0) is 62.7 Å². The van der Waals surface area contributed by atoms with Crippen molar-refractivity contribution in [1.29, 1.82) is 0 Å². The van der Waals surface area contributed by atoms with E-state index in [0.29, 0.717) is 23.6 Å². The van der Waals surface area contributed by atoms with Gasteiger partial charge in [0.15, 0.2) is 0 Å². The molecule has 1 aromatic rings. The van der Waals surface area contributed by atoms with Crippen LogP contribution in [0.3, 0.4) is 0 Å². The van der Waals surface area contributed by atoms with E-state index in [4.69, 9.17) is 4.74 Å². The molecule has 1 atom stereocenters. The van der Waals surface area contributed by atoms with E-state index < -0.39 is 23.8 Å². The van der Waals surface area contributed by atoms with Gasteiger partial charge in [-0.25, -0.2) is 0 Å². The van der Waals surface area contributed by atoms with Gasteiger partial charge < -0.3 is 10.1 Å². The predicted octanol–water partition coefficient (Wildman–Crippen LogP) is 1.07. The molecule has 4 aliphatic heterocycles. The molecular formula is C25H32N4O5. The van der Waals surface area contributed by atoms with Gasteiger partial charge in [0, 0.05) is 32.7 Å². The zero-order valence-electron chi connectivity index (χ0n) is 19.4. The lowest BCUT2D eigenvalue weighted by Gasteiger charge is -2.33. The predicted molar refractivity (Wildman–Crippen MR) is 123 cm³/mol. The number of fused-ring (bicyclic) bond motifs is 1. The minimum absolute atomic E-state index is 0.116. The van der Waals surface area contributed by atoms with E-state index in [1.54, 1.807) is 12.1 Å². The zero-order chi connectivity index (χ0) is 23.7. The van der Waals surface area contributed by atoms with Crippen molar-refractivity contribution in [3.63, 3.8) is 0 Å². The Balaban J connectivity index is 1.20. The van der Waals surface area contributed by atoms with Crippen LogP contribution < -0.4 is 10.6 Å². The number of carbonyl (C=O) groups excluding carboxylic acids is 4. The molecule has 4 aliphatic rings. The quantitative estimate of drug-likeness (QED) is 0.601. The third-order valence-corrected chi connectivity index (χ3v) is 7.51. The molecule has 0 bridgehead atoms. The highest BCUT2D eigenvalue weighted by molar-refractivity contribution is 6.24. The van der Waals surface area contributed by atoms with E-state index in [1.165, 1.54) is 12.8 Å². The second-order valence-electron chi connectivity index (χ2n) is 9.79. The van der Waals surface area contributed by atoms with Crippen molar-refractivity contribution in [3.8, 4) is 0 Å². The molecule has 182 valence electrons. The van der Waals surface area contributed by atoms with E-state index in [-0.39, 0.29) is 24.9 Å². The Morgan fingerprint density at radius 2 is 1.71 bits per heavy atom. The molecule has 4 heterocycles. The van der Waals surface area contributed by atoms with Gasteiger partial charge in [-0.15, -0.1) is 0 Å². The lowest BCUT2D eigenvalue weighted by molar-refractivity contribution is -0.136. The second-order valence-corrected chi connectivity index (χ2v) is 9.79. The molecule has 3 fully saturated rings. The molecule has 2 N–H and O–H groups in total. The van der Waals surface area contributed by atoms with Gasteiger partial charge in [-0.2, -0.15) is 0 Å². The summed E-state index contributed by atoms with van der Waals surface area (Å²) in [5.74, 6) is -1.20. The van der Waals surface area contributed by atoms with E-state index >= 15 is 0 Å². The Morgan fingerprint density at radius 1 is 0.941 bits per heavy atom. The third-order valence-electron chi connectivity index (χ3n) is 7.51. The number of benzene rings is 1. The summed E-state index contributed by atoms with van der Waals surface area (Å²) in [7, 11) is 0. The molecular weight excluding hydrogens is 436 g/mol. The molecule has 9 heteroatoms. The number of rotatable bonds is 6. The number of likely N-dealkylation sites (tertiary alicyclic amines) is 1. The number of hydrogen-bond donors (Lipinski definition) is 2. The van der Waals surface area contributed by atoms with Crippen molar-refractivity contribution in [2.75, 3.05) is 32.8 Å². The van der Waals surface area contributed by atoms with Gasteiger partial charge in [0.05, 0.1) is 17.2 Å². The van der Waals surface area contributed by atoms with Crippen LogP contribution in [0.25, 0.3) is 0 Å². The minimum atomic E-state index is -0.939. The van der Waals surface area contributed by atoms with Crippen LogP contribution in [0.5, 0.6) is 0 Å². The highest BCUT2D eigenvalue weighted by Gasteiger charge is 2.45. The normalized spacial score (nSPS) is 25.1. The van der Waals surface area contributed by atoms with Crippen LogP contribution in [0.2, 0.25) is 0 Å². The van der Waals surface area contributed by atoms with Crippen LogP contribution in [-0.2, 0) is 20.9 Å². The maximum Gasteiger partial charge on any atom is 0.262 e. The first kappa shape index (κ1) is 23.1. The lowest BCUT2D eigenvalue weighted by atomic mass is 9.98. The van der Waals surface area contributed by atoms with Crippen LogP contribution in [-0.4, -0.2) is 78.4 Å². The molecule has 0 radical (unpaired) electrons. The van der Waals surface area contributed by atoms with Crippen molar-refractivity contribution in [2.45, 2.75) is 57.2 Å². The maximum absolute atomic E-state index is 13.3. The Hall–Kier alpha value is -2.62. The first-order valence-electron chi connectivity index (χ1n) is 12.4. The Bertz CT molecular complexity index is 982. The van der Waals surface area contributed by atoms with Crippen LogP contribution in [0.4, 0.5) is 0 Å². The summed E-state index contributed by atoms with van der Waals surface area (Å²) < 4.78 is 6.20. The fourth-order valence-electron chi connectivity index (χ4n) is 5.51. The average molecular weight is 469 g/mol. The summed E-state index contributed by atoms with van der Waals surface area (Å²) in [5.41, 5.74) is 1.54. The number of carbonyl (C=O) groups is 4. The molecule has 1 aromatic carbocycles. The topological polar surface area (TPSA) is 108 Å². The highest BCUT2D eigenvalue weighted by Crippen LogP contribution is 2.31. The molecule has 0 aliphatic carbocycles. The van der Waals surface area contributed by atoms with Gasteiger partial charge in [0.2, 0.25) is 11.8 Å². The van der Waals surface area contributed by atoms with E-state index in [0.717, 1.165) is 56.1 Å². The Labute approximate surface area is 199 Å². The number of nitrogens with one attached hydrogen (secondary N) is 2. The molecule has 34 heavy (non-hydrogen) atoms. The summed E-state index contributed by atoms with van der Waals surface area (Å²) in [6.45, 7) is 5.32. The van der Waals surface area contributed by atoms with Gasteiger partial charge in [-0.1, -0.05) is 12.1 Å². The summed E-state index contributed by atoms with van der Waals surface area (Å²) in [6.07, 6.45) is 4.83. The van der Waals surface area contributed by atoms with E-state index in [2.05, 4.69) is 15.5 Å². The molecule has 0 saturated carbocycles. The van der Waals surface area contributed by atoms with Crippen molar-refractivity contribution in [1.82, 2.24) is 20.4 Å². The SMILES string of the molecule is O=C1CCC(N2C(=O)c3cccc(CN4CCC(OCC5CCNCC5)CC4)c3C2=O)C(=O)N1. The first-order valence-corrected chi connectivity index (χ1v) is 12.4. The van der Waals surface area contributed by atoms with Gasteiger partial charge in [0.1, 0.15) is 6.04 Å². The molecule has 5 rings (SSSR count). The second kappa shape index (κ2) is 9.93. The number of amides is 4. The van der Waals surface area contributed by atoms with Gasteiger partial charge >= 0.3 is 0 Å². The molecule has 4 amide bonds. The standard InChI is InChI=1S/C25H32N4O5/c30-21-5-4-20(23(31)27-21)29-24(32)19-3-1-2-17(22(19)25(29)33)14-28-12-8-18(9-13-28)34-15-16-6-10-26-11-7-16/h1-3,16,18,20,26H,4-15H2,(H,27,30,31). The number of hydrogen-bond acceptors (Lipinski definition) is 7. The van der Waals surface area contributed by atoms with Gasteiger partial charge in [0.25, 0.3) is 11.8 Å². The first-order chi connectivity index (χ1) is 16.5. The lowest BCUT2D eigenvalue weighted by Crippen LogP contribution is -2.54. The smallest absolute Gasteiger partial charge is 0.262 e. The molecule has 1 unspecified atom stereocenters. The molecule has 3 saturated heterocycles. The van der Waals surface area contributed by atoms with Crippen molar-refractivity contribution in [2.24, 2.45) is 5.92 Å². The van der Waals surface area contributed by atoms with Crippen molar-refractivity contribution in [3.05, 3.63) is 34.9 Å². The Morgan fingerprint density at radius 3 is 2.44 bits per heavy atom. The summed E-state index contributed by atoms with van der Waals surface area (Å²) in [5, 5.41) is 5.63. The number of nitrogens with zero attached hydrogens (tertiary/aromatic N) is 2. The molecule has 0 aromatic heterocycles. The zero-order valence-corrected chi connectivity index (χ0v) is 19.4. The van der Waals surface area contributed by atoms with Gasteiger partial charge in [-0.3, -0.25) is 34.3 Å². The monoisotopic (exact) mass is 468 g/mol. The third kappa shape index (κ3) is 4.64. The van der Waals surface area contributed by atoms with Crippen LogP contribution in [0.1, 0.15) is 64.8 Å². The highest BCUT2D eigenvalue weighted by atomic mass is 16.5. The summed E-state index contributed by atoms with van der Waals surface area (Å²) in [4.78, 5) is 53.5. The van der Waals surface area contributed by atoms with Crippen LogP contribution in [0, 0.1) is 5.92 Å². The fraction of sp³-hybridized carbons (Fsp3) is 0.600. The summed E-state index contributed by atoms with van der Waals surface area (Å²) in [6, 6.07) is 4.39. The number of piperidine rings is 3. The minimum Gasteiger partial charge on any atom is -0.378 e. The molecule has 0 spiro atoms. The number of imide groups is 2. The van der Waals surface area contributed by atoms with Crippen LogP contribution >= 0.6 is 0 Å². The maximum atomic E-state index is 13.3. The summed E-state index contributed by atoms with van der Waals surface area (Å²) >= 11 is 0. The Kier molecular flexibility index (Phi) is 6.76. The van der Waals surface area contributed by atoms with E-state index in [9.17, 15) is 19.2 Å². The van der Waals surface area contributed by atoms with Crippen molar-refractivity contribution < 1.29 is 23.9 Å². The molecule has 9 nitrogen and oxygen atoms in total. The largest absolute Gasteiger partial charge is 0.378 e.